The number of fused-ring (bicyclic) bond motifs is 1. The van der Waals surface area contributed by atoms with E-state index in [1.54, 1.807) is 13.0 Å². The van der Waals surface area contributed by atoms with Gasteiger partial charge in [0.25, 0.3) is 5.91 Å². The van der Waals surface area contributed by atoms with Gasteiger partial charge in [-0.15, -0.1) is 5.10 Å². The van der Waals surface area contributed by atoms with Gasteiger partial charge in [-0.2, -0.15) is 18.3 Å². The van der Waals surface area contributed by atoms with E-state index in [0.29, 0.717) is 10.9 Å². The number of aromatic carboxylic acids is 1. The molecule has 0 bridgehead atoms. The number of aromatic amines is 1. The van der Waals surface area contributed by atoms with Crippen molar-refractivity contribution in [3.63, 3.8) is 0 Å². The normalized spacial score (nSPS) is 11.6. The summed E-state index contributed by atoms with van der Waals surface area (Å²) in [5.41, 5.74) is 0.0282. The number of nitrogens with zero attached hydrogens (tertiary/aromatic N) is 4. The van der Waals surface area contributed by atoms with Gasteiger partial charge in [-0.3, -0.25) is 9.89 Å². The zero-order valence-corrected chi connectivity index (χ0v) is 17.9. The van der Waals surface area contributed by atoms with E-state index < -0.39 is 30.5 Å². The summed E-state index contributed by atoms with van der Waals surface area (Å²) in [6.45, 7) is -0.0565. The second-order valence-electron chi connectivity index (χ2n) is 7.03. The van der Waals surface area contributed by atoms with E-state index in [1.807, 2.05) is 0 Å². The van der Waals surface area contributed by atoms with E-state index in [9.17, 15) is 27.9 Å². The fourth-order valence-electron chi connectivity index (χ4n) is 3.23. The van der Waals surface area contributed by atoms with Crippen LogP contribution in [-0.4, -0.2) is 54.7 Å². The SMILES string of the molecule is Cc1cc2cn[nH]c2c(C(=O)O)c1NC(=O)c1cc(OCC(F)(F)F)nn1-c1ncccc1Cl. The highest BCUT2D eigenvalue weighted by Crippen LogP contribution is 2.30. The lowest BCUT2D eigenvalue weighted by Crippen LogP contribution is -2.20. The molecule has 34 heavy (non-hydrogen) atoms. The van der Waals surface area contributed by atoms with Crippen LogP contribution >= 0.6 is 11.6 Å². The monoisotopic (exact) mass is 494 g/mol. The van der Waals surface area contributed by atoms with E-state index in [4.69, 9.17) is 11.6 Å². The number of hydrogen-bond acceptors (Lipinski definition) is 6. The van der Waals surface area contributed by atoms with Crippen LogP contribution in [0.25, 0.3) is 16.7 Å². The predicted octanol–water partition coefficient (Wildman–Crippen LogP) is 4.00. The molecule has 3 N–H and O–H groups in total. The number of pyridine rings is 1. The van der Waals surface area contributed by atoms with Gasteiger partial charge in [0.1, 0.15) is 11.3 Å². The summed E-state index contributed by atoms with van der Waals surface area (Å²) in [6.07, 6.45) is -1.86. The van der Waals surface area contributed by atoms with Crippen molar-refractivity contribution in [3.8, 4) is 11.7 Å². The van der Waals surface area contributed by atoms with Gasteiger partial charge in [0, 0.05) is 17.6 Å². The summed E-state index contributed by atoms with van der Waals surface area (Å²) >= 11 is 6.13. The molecule has 0 spiro atoms. The number of rotatable bonds is 6. The largest absolute Gasteiger partial charge is 0.478 e. The average Bonchev–Trinajstić information content (AvgIpc) is 3.39. The minimum Gasteiger partial charge on any atom is -0.478 e. The molecule has 4 aromatic rings. The number of carbonyl (C=O) groups excluding carboxylic acids is 1. The molecule has 3 heterocycles. The summed E-state index contributed by atoms with van der Waals surface area (Å²) in [6, 6.07) is 5.54. The highest BCUT2D eigenvalue weighted by molar-refractivity contribution is 6.32. The summed E-state index contributed by atoms with van der Waals surface area (Å²) in [7, 11) is 0. The van der Waals surface area contributed by atoms with Crippen molar-refractivity contribution in [2.75, 3.05) is 11.9 Å². The maximum Gasteiger partial charge on any atom is 0.422 e. The highest BCUT2D eigenvalue weighted by Gasteiger charge is 2.30. The molecule has 4 rings (SSSR count). The van der Waals surface area contributed by atoms with E-state index in [0.717, 1.165) is 10.7 Å². The van der Waals surface area contributed by atoms with Crippen LogP contribution in [0, 0.1) is 6.92 Å². The Hall–Kier alpha value is -4.13. The van der Waals surface area contributed by atoms with Gasteiger partial charge in [0.15, 0.2) is 12.4 Å². The third-order valence-electron chi connectivity index (χ3n) is 4.63. The average molecular weight is 495 g/mol. The molecular weight excluding hydrogens is 481 g/mol. The van der Waals surface area contributed by atoms with Crippen LogP contribution in [0.2, 0.25) is 5.02 Å². The lowest BCUT2D eigenvalue weighted by Gasteiger charge is -2.13. The molecule has 0 atom stereocenters. The lowest BCUT2D eigenvalue weighted by molar-refractivity contribution is -0.154. The lowest BCUT2D eigenvalue weighted by atomic mass is 10.0. The Balaban J connectivity index is 1.78. The summed E-state index contributed by atoms with van der Waals surface area (Å²) in [5.74, 6) is -2.77. The molecule has 176 valence electrons. The van der Waals surface area contributed by atoms with Crippen LogP contribution in [0.15, 0.2) is 36.7 Å². The second-order valence-corrected chi connectivity index (χ2v) is 7.44. The van der Waals surface area contributed by atoms with Crippen LogP contribution in [-0.2, 0) is 0 Å². The van der Waals surface area contributed by atoms with Crippen LogP contribution in [0.3, 0.4) is 0 Å². The highest BCUT2D eigenvalue weighted by atomic mass is 35.5. The molecule has 0 unspecified atom stereocenters. The number of hydrogen-bond donors (Lipinski definition) is 3. The molecule has 10 nitrogen and oxygen atoms in total. The number of anilines is 1. The van der Waals surface area contributed by atoms with Crippen LogP contribution in [0.4, 0.5) is 18.9 Å². The molecule has 3 aromatic heterocycles. The van der Waals surface area contributed by atoms with Crippen molar-refractivity contribution >= 4 is 40.1 Å². The van der Waals surface area contributed by atoms with Crippen LogP contribution < -0.4 is 10.1 Å². The number of nitrogens with one attached hydrogen (secondary N) is 2. The van der Waals surface area contributed by atoms with E-state index in [1.165, 1.54) is 24.5 Å². The molecule has 1 aromatic carbocycles. The number of carbonyl (C=O) groups is 2. The Labute approximate surface area is 193 Å². The van der Waals surface area contributed by atoms with Gasteiger partial charge in [-0.25, -0.2) is 14.5 Å². The first kappa shape index (κ1) is 23.0. The number of benzene rings is 1. The number of aromatic nitrogens is 5. The number of alkyl halides is 3. The third-order valence-corrected chi connectivity index (χ3v) is 4.93. The number of halogens is 4. The van der Waals surface area contributed by atoms with Crippen LogP contribution in [0.1, 0.15) is 26.4 Å². The zero-order valence-electron chi connectivity index (χ0n) is 17.1. The van der Waals surface area contributed by atoms with Gasteiger partial charge >= 0.3 is 12.1 Å². The van der Waals surface area contributed by atoms with Crippen LogP contribution in [0.5, 0.6) is 5.88 Å². The molecule has 0 saturated carbocycles. The standard InChI is InChI=1S/C20H14ClF3N6O4/c1-9-5-10-7-26-28-16(10)14(19(32)33)15(9)27-18(31)12-6-13(34-8-20(22,23)24)29-30(12)17-11(21)3-2-4-25-17/h2-7H,8H2,1H3,(H,26,28)(H,27,31)(H,32,33). The maximum absolute atomic E-state index is 13.2. The molecule has 0 aliphatic heterocycles. The molecule has 0 fully saturated rings. The molecule has 14 heteroatoms. The molecule has 0 radical (unpaired) electrons. The summed E-state index contributed by atoms with van der Waals surface area (Å²) in [5, 5.41) is 23.1. The van der Waals surface area contributed by atoms with E-state index >= 15 is 0 Å². The van der Waals surface area contributed by atoms with E-state index in [-0.39, 0.29) is 33.3 Å². The maximum atomic E-state index is 13.2. The van der Waals surface area contributed by atoms with Crippen molar-refractivity contribution in [3.05, 3.63) is 58.5 Å². The number of H-pyrrole nitrogens is 1. The van der Waals surface area contributed by atoms with Crippen molar-refractivity contribution < 1.29 is 32.6 Å². The van der Waals surface area contributed by atoms with Gasteiger partial charge in [-0.05, 0) is 30.7 Å². The second kappa shape index (κ2) is 8.67. The Kier molecular flexibility index (Phi) is 5.87. The van der Waals surface area contributed by atoms with Crippen molar-refractivity contribution in [2.24, 2.45) is 0 Å². The van der Waals surface area contributed by atoms with Gasteiger partial charge in [0.2, 0.25) is 5.88 Å². The van der Waals surface area contributed by atoms with Crippen molar-refractivity contribution in [2.45, 2.75) is 13.1 Å². The Morgan fingerprint density at radius 3 is 2.76 bits per heavy atom. The summed E-state index contributed by atoms with van der Waals surface area (Å²) < 4.78 is 43.4. The number of carboxylic acid groups (broad SMARTS) is 1. The smallest absolute Gasteiger partial charge is 0.422 e. The van der Waals surface area contributed by atoms with Gasteiger partial charge in [-0.1, -0.05) is 11.6 Å². The number of amides is 1. The first-order valence-electron chi connectivity index (χ1n) is 9.47. The minimum absolute atomic E-state index is 0.0353. The first-order chi connectivity index (χ1) is 16.0. The number of ether oxygens (including phenoxy) is 1. The Morgan fingerprint density at radius 2 is 2.09 bits per heavy atom. The van der Waals surface area contributed by atoms with Gasteiger partial charge < -0.3 is 15.2 Å². The molecule has 1 amide bonds. The van der Waals surface area contributed by atoms with Crippen molar-refractivity contribution in [1.82, 2.24) is 25.0 Å². The third kappa shape index (κ3) is 4.50. The topological polar surface area (TPSA) is 135 Å². The molecule has 0 aliphatic carbocycles. The first-order valence-corrected chi connectivity index (χ1v) is 9.85. The molecule has 0 saturated heterocycles. The fourth-order valence-corrected chi connectivity index (χ4v) is 3.43. The quantitative estimate of drug-likeness (QED) is 0.368. The number of carboxylic acids is 1. The number of aryl methyl sites for hydroxylation is 1. The predicted molar refractivity (Wildman–Crippen MR) is 114 cm³/mol. The fraction of sp³-hybridized carbons (Fsp3) is 0.150. The summed E-state index contributed by atoms with van der Waals surface area (Å²) in [4.78, 5) is 29.2. The van der Waals surface area contributed by atoms with Crippen molar-refractivity contribution in [1.29, 1.82) is 0 Å². The molecule has 0 aliphatic rings. The Morgan fingerprint density at radius 1 is 1.32 bits per heavy atom. The van der Waals surface area contributed by atoms with Gasteiger partial charge in [0.05, 0.1) is 22.4 Å². The zero-order chi connectivity index (χ0) is 24.6. The minimum atomic E-state index is -4.64. The Bertz CT molecular complexity index is 1420. The van der Waals surface area contributed by atoms with E-state index in [2.05, 4.69) is 30.3 Å². The molecular formula is C20H14ClF3N6O4.